The van der Waals surface area contributed by atoms with Crippen molar-refractivity contribution in [3.63, 3.8) is 0 Å². The number of carbonyl (C=O) groups is 2. The van der Waals surface area contributed by atoms with Crippen molar-refractivity contribution in [3.05, 3.63) is 6.33 Å². The second kappa shape index (κ2) is 6.87. The number of hydrogen-bond donors (Lipinski definition) is 2. The first kappa shape index (κ1) is 17.8. The number of carbonyl (C=O) groups excluding carboxylic acids is 2. The summed E-state index contributed by atoms with van der Waals surface area (Å²) in [6.45, 7) is 4.53. The smallest absolute Gasteiger partial charge is 0.321 e. The van der Waals surface area contributed by atoms with Crippen molar-refractivity contribution in [1.29, 1.82) is 0 Å². The van der Waals surface area contributed by atoms with Crippen molar-refractivity contribution in [2.45, 2.75) is 74.9 Å². The standard InChI is InChI=1S/C18H27N5O2S/c1-3-23-10-19-22-17(23)26-11(2)15(24)20-16(25)21-18-7-12-4-13(8-18)6-14(5-12)9-18/h10-14H,3-9H2,1-2H3,(H2,20,21,24,25)/t11-,12?,13?,14?,18?/m0/s1. The summed E-state index contributed by atoms with van der Waals surface area (Å²) in [7, 11) is 0. The molecule has 1 heterocycles. The number of hydrogen-bond acceptors (Lipinski definition) is 5. The van der Waals surface area contributed by atoms with Crippen LogP contribution in [0.15, 0.2) is 11.5 Å². The Balaban J connectivity index is 1.32. The molecule has 4 bridgehead atoms. The van der Waals surface area contributed by atoms with E-state index in [0.29, 0.717) is 5.16 Å². The predicted molar refractivity (Wildman–Crippen MR) is 98.6 cm³/mol. The van der Waals surface area contributed by atoms with Gasteiger partial charge in [0.15, 0.2) is 5.16 Å². The van der Waals surface area contributed by atoms with E-state index in [2.05, 4.69) is 20.8 Å². The molecule has 8 heteroatoms. The van der Waals surface area contributed by atoms with Crippen LogP contribution in [0.4, 0.5) is 4.79 Å². The third-order valence-corrected chi connectivity index (χ3v) is 7.32. The fraction of sp³-hybridized carbons (Fsp3) is 0.778. The lowest BCUT2D eigenvalue weighted by molar-refractivity contribution is -0.119. The first-order valence-corrected chi connectivity index (χ1v) is 10.5. The molecule has 4 aliphatic carbocycles. The largest absolute Gasteiger partial charge is 0.332 e. The molecule has 0 saturated heterocycles. The number of amides is 3. The van der Waals surface area contributed by atoms with Gasteiger partial charge >= 0.3 is 6.03 Å². The van der Waals surface area contributed by atoms with Crippen molar-refractivity contribution in [2.24, 2.45) is 17.8 Å². The summed E-state index contributed by atoms with van der Waals surface area (Å²) in [5.41, 5.74) is -0.0854. The van der Waals surface area contributed by atoms with Gasteiger partial charge in [0.05, 0.1) is 5.25 Å². The van der Waals surface area contributed by atoms with Gasteiger partial charge in [0.2, 0.25) is 5.91 Å². The molecule has 5 rings (SSSR count). The molecule has 2 N–H and O–H groups in total. The van der Waals surface area contributed by atoms with Gasteiger partial charge in [-0.15, -0.1) is 10.2 Å². The van der Waals surface area contributed by atoms with Crippen molar-refractivity contribution in [3.8, 4) is 0 Å². The number of aryl methyl sites for hydroxylation is 1. The van der Waals surface area contributed by atoms with E-state index in [4.69, 9.17) is 0 Å². The Kier molecular flexibility index (Phi) is 4.71. The van der Waals surface area contributed by atoms with E-state index in [-0.39, 0.29) is 17.5 Å². The summed E-state index contributed by atoms with van der Waals surface area (Å²) >= 11 is 1.32. The van der Waals surface area contributed by atoms with Gasteiger partial charge in [0.25, 0.3) is 0 Å². The maximum atomic E-state index is 12.5. The van der Waals surface area contributed by atoms with E-state index >= 15 is 0 Å². The molecule has 0 spiro atoms. The van der Waals surface area contributed by atoms with E-state index in [1.165, 1.54) is 31.0 Å². The van der Waals surface area contributed by atoms with E-state index in [9.17, 15) is 9.59 Å². The van der Waals surface area contributed by atoms with Gasteiger partial charge in [-0.3, -0.25) is 10.1 Å². The van der Waals surface area contributed by atoms with Crippen molar-refractivity contribution in [1.82, 2.24) is 25.4 Å². The van der Waals surface area contributed by atoms with Crippen LogP contribution in [0, 0.1) is 17.8 Å². The summed E-state index contributed by atoms with van der Waals surface area (Å²) in [4.78, 5) is 24.9. The average Bonchev–Trinajstić information content (AvgIpc) is 2.99. The fourth-order valence-electron chi connectivity index (χ4n) is 5.51. The molecule has 142 valence electrons. The van der Waals surface area contributed by atoms with Gasteiger partial charge in [-0.05, 0) is 70.1 Å². The first-order valence-electron chi connectivity index (χ1n) is 9.64. The van der Waals surface area contributed by atoms with Gasteiger partial charge < -0.3 is 9.88 Å². The second-order valence-corrected chi connectivity index (χ2v) is 9.61. The van der Waals surface area contributed by atoms with E-state index in [1.807, 2.05) is 11.5 Å². The molecule has 3 amide bonds. The predicted octanol–water partition coefficient (Wildman–Crippen LogP) is 2.57. The quantitative estimate of drug-likeness (QED) is 0.770. The molecule has 0 unspecified atom stereocenters. The van der Waals surface area contributed by atoms with Crippen molar-refractivity contribution in [2.75, 3.05) is 0 Å². The van der Waals surface area contributed by atoms with Gasteiger partial charge in [0.1, 0.15) is 6.33 Å². The van der Waals surface area contributed by atoms with Crippen molar-refractivity contribution >= 4 is 23.7 Å². The second-order valence-electron chi connectivity index (χ2n) is 8.30. The molecular formula is C18H27N5O2S. The highest BCUT2D eigenvalue weighted by molar-refractivity contribution is 8.00. The van der Waals surface area contributed by atoms with Crippen LogP contribution in [0.2, 0.25) is 0 Å². The highest BCUT2D eigenvalue weighted by Gasteiger charge is 2.51. The molecule has 4 fully saturated rings. The maximum Gasteiger partial charge on any atom is 0.321 e. The number of aromatic nitrogens is 3. The van der Waals surface area contributed by atoms with Crippen LogP contribution < -0.4 is 10.6 Å². The Morgan fingerprint density at radius 1 is 1.27 bits per heavy atom. The number of rotatable bonds is 5. The molecule has 26 heavy (non-hydrogen) atoms. The summed E-state index contributed by atoms with van der Waals surface area (Å²) in [6.07, 6.45) is 8.85. The maximum absolute atomic E-state index is 12.5. The topological polar surface area (TPSA) is 88.9 Å². The summed E-state index contributed by atoms with van der Waals surface area (Å²) in [5, 5.41) is 13.9. The highest BCUT2D eigenvalue weighted by Crippen LogP contribution is 2.55. The summed E-state index contributed by atoms with van der Waals surface area (Å²) < 4.78 is 1.88. The number of nitrogens with one attached hydrogen (secondary N) is 2. The number of urea groups is 1. The lowest BCUT2D eigenvalue weighted by Crippen LogP contribution is -2.62. The summed E-state index contributed by atoms with van der Waals surface area (Å²) in [5.74, 6) is 1.98. The van der Waals surface area contributed by atoms with E-state index in [1.54, 1.807) is 13.3 Å². The monoisotopic (exact) mass is 377 g/mol. The van der Waals surface area contributed by atoms with Crippen LogP contribution in [0.3, 0.4) is 0 Å². The minimum Gasteiger partial charge on any atom is -0.332 e. The molecule has 0 radical (unpaired) electrons. The van der Waals surface area contributed by atoms with E-state index < -0.39 is 5.25 Å². The van der Waals surface area contributed by atoms with Crippen LogP contribution in [0.5, 0.6) is 0 Å². The Bertz CT molecular complexity index is 668. The molecule has 1 aromatic heterocycles. The highest BCUT2D eigenvalue weighted by atomic mass is 32.2. The van der Waals surface area contributed by atoms with Gasteiger partial charge in [-0.1, -0.05) is 11.8 Å². The lowest BCUT2D eigenvalue weighted by Gasteiger charge is -2.56. The normalized spacial score (nSPS) is 33.1. The van der Waals surface area contributed by atoms with Crippen LogP contribution in [-0.2, 0) is 11.3 Å². The molecule has 1 atom stereocenters. The molecule has 0 aliphatic heterocycles. The Morgan fingerprint density at radius 3 is 2.46 bits per heavy atom. The zero-order valence-corrected chi connectivity index (χ0v) is 16.2. The minimum atomic E-state index is -0.411. The van der Waals surface area contributed by atoms with Crippen LogP contribution in [0.1, 0.15) is 52.4 Å². The van der Waals surface area contributed by atoms with Crippen LogP contribution >= 0.6 is 11.8 Å². The van der Waals surface area contributed by atoms with Gasteiger partial charge in [-0.2, -0.15) is 0 Å². The SMILES string of the molecule is CCn1cnnc1S[C@@H](C)C(=O)NC(=O)NC12CC3CC(CC(C3)C1)C2. The molecule has 7 nitrogen and oxygen atoms in total. The van der Waals surface area contributed by atoms with Gasteiger partial charge in [0, 0.05) is 12.1 Å². The van der Waals surface area contributed by atoms with Crippen molar-refractivity contribution < 1.29 is 9.59 Å². The number of imide groups is 1. The zero-order chi connectivity index (χ0) is 18.3. The molecule has 4 aliphatic rings. The third-order valence-electron chi connectivity index (χ3n) is 6.23. The fourth-order valence-corrected chi connectivity index (χ4v) is 6.40. The number of nitrogens with zero attached hydrogens (tertiary/aromatic N) is 3. The van der Waals surface area contributed by atoms with E-state index in [0.717, 1.165) is 43.6 Å². The first-order chi connectivity index (χ1) is 12.5. The summed E-state index contributed by atoms with van der Waals surface area (Å²) in [6, 6.07) is -0.346. The van der Waals surface area contributed by atoms with Crippen LogP contribution in [0.25, 0.3) is 0 Å². The zero-order valence-electron chi connectivity index (χ0n) is 15.4. The Labute approximate surface area is 158 Å². The lowest BCUT2D eigenvalue weighted by atomic mass is 9.53. The minimum absolute atomic E-state index is 0.0854. The molecular weight excluding hydrogens is 350 g/mol. The molecule has 0 aromatic carbocycles. The van der Waals surface area contributed by atoms with Crippen LogP contribution in [-0.4, -0.2) is 37.5 Å². The Hall–Kier alpha value is -1.57. The third kappa shape index (κ3) is 3.48. The average molecular weight is 378 g/mol. The number of thioether (sulfide) groups is 1. The van der Waals surface area contributed by atoms with Gasteiger partial charge in [-0.25, -0.2) is 4.79 Å². The molecule has 4 saturated carbocycles. The Morgan fingerprint density at radius 2 is 1.88 bits per heavy atom. The molecule has 1 aromatic rings.